The molecule has 4 heteroatoms. The van der Waals surface area contributed by atoms with E-state index in [0.717, 1.165) is 31.5 Å². The molecule has 0 atom stereocenters. The summed E-state index contributed by atoms with van der Waals surface area (Å²) in [7, 11) is 0. The normalized spacial score (nSPS) is 11.4. The third-order valence-electron chi connectivity index (χ3n) is 2.97. The molecule has 110 valence electrons. The van der Waals surface area contributed by atoms with Crippen molar-refractivity contribution in [3.63, 3.8) is 0 Å². The molecule has 0 spiro atoms. The molecule has 1 rings (SSSR count). The number of hydrogen-bond donors (Lipinski definition) is 1. The first-order valence-corrected chi connectivity index (χ1v) is 7.17. The van der Waals surface area contributed by atoms with Crippen molar-refractivity contribution in [1.82, 2.24) is 10.3 Å². The maximum atomic E-state index is 8.95. The Labute approximate surface area is 122 Å². The molecule has 0 bridgehead atoms. The Kier molecular flexibility index (Phi) is 6.47. The van der Waals surface area contributed by atoms with Gasteiger partial charge in [-0.1, -0.05) is 6.07 Å². The Balaban J connectivity index is 2.37. The van der Waals surface area contributed by atoms with E-state index >= 15 is 0 Å². The summed E-state index contributed by atoms with van der Waals surface area (Å²) in [5, 5.41) is 12.3. The van der Waals surface area contributed by atoms with Crippen LogP contribution in [0.15, 0.2) is 18.3 Å². The smallest absolute Gasteiger partial charge is 0.218 e. The van der Waals surface area contributed by atoms with E-state index in [0.29, 0.717) is 5.88 Å². The SMILES string of the molecule is CC(C)Oc1ncccc1CNCCCC(C)(C)C#N. The molecule has 0 aliphatic carbocycles. The lowest BCUT2D eigenvalue weighted by molar-refractivity contribution is 0.229. The lowest BCUT2D eigenvalue weighted by atomic mass is 9.90. The zero-order valence-corrected chi connectivity index (χ0v) is 12.9. The summed E-state index contributed by atoms with van der Waals surface area (Å²) in [6.07, 6.45) is 3.76. The van der Waals surface area contributed by atoms with Crippen LogP contribution in [0.3, 0.4) is 0 Å². The topological polar surface area (TPSA) is 57.9 Å². The minimum absolute atomic E-state index is 0.125. The highest BCUT2D eigenvalue weighted by atomic mass is 16.5. The van der Waals surface area contributed by atoms with E-state index < -0.39 is 0 Å². The molecule has 0 fully saturated rings. The van der Waals surface area contributed by atoms with E-state index in [4.69, 9.17) is 10.00 Å². The van der Waals surface area contributed by atoms with Crippen molar-refractivity contribution in [3.8, 4) is 11.9 Å². The number of hydrogen-bond acceptors (Lipinski definition) is 4. The molecule has 0 aliphatic rings. The van der Waals surface area contributed by atoms with E-state index in [1.165, 1.54) is 0 Å². The predicted molar refractivity (Wildman–Crippen MR) is 80.3 cm³/mol. The number of ether oxygens (including phenoxy) is 1. The van der Waals surface area contributed by atoms with Crippen LogP contribution in [0, 0.1) is 16.7 Å². The minimum Gasteiger partial charge on any atom is -0.475 e. The molecule has 0 saturated heterocycles. The average Bonchev–Trinajstić information content (AvgIpc) is 2.39. The average molecular weight is 275 g/mol. The fourth-order valence-corrected chi connectivity index (χ4v) is 1.82. The van der Waals surface area contributed by atoms with Gasteiger partial charge in [-0.2, -0.15) is 5.26 Å². The van der Waals surface area contributed by atoms with Crippen LogP contribution in [0.1, 0.15) is 46.1 Å². The van der Waals surface area contributed by atoms with Gasteiger partial charge in [0.15, 0.2) is 0 Å². The maximum absolute atomic E-state index is 8.95. The molecule has 1 aromatic rings. The van der Waals surface area contributed by atoms with Crippen LogP contribution in [0.5, 0.6) is 5.88 Å². The lowest BCUT2D eigenvalue weighted by Crippen LogP contribution is -2.19. The second kappa shape index (κ2) is 7.86. The first-order valence-electron chi connectivity index (χ1n) is 7.17. The van der Waals surface area contributed by atoms with Crippen molar-refractivity contribution in [1.29, 1.82) is 5.26 Å². The number of pyridine rings is 1. The number of rotatable bonds is 8. The summed E-state index contributed by atoms with van der Waals surface area (Å²) < 4.78 is 5.68. The molecule has 1 aromatic heterocycles. The summed E-state index contributed by atoms with van der Waals surface area (Å²) in [6.45, 7) is 9.57. The molecule has 1 N–H and O–H groups in total. The van der Waals surface area contributed by atoms with Crippen LogP contribution in [0.25, 0.3) is 0 Å². The zero-order valence-electron chi connectivity index (χ0n) is 12.9. The number of nitriles is 1. The number of nitrogens with zero attached hydrogens (tertiary/aromatic N) is 2. The molecular formula is C16H25N3O. The fourth-order valence-electron chi connectivity index (χ4n) is 1.82. The van der Waals surface area contributed by atoms with Gasteiger partial charge in [-0.05, 0) is 53.1 Å². The monoisotopic (exact) mass is 275 g/mol. The zero-order chi connectivity index (χ0) is 15.0. The van der Waals surface area contributed by atoms with Gasteiger partial charge in [0.2, 0.25) is 5.88 Å². The molecule has 0 aliphatic heterocycles. The van der Waals surface area contributed by atoms with Crippen LogP contribution in [0.4, 0.5) is 0 Å². The number of nitrogens with one attached hydrogen (secondary N) is 1. The van der Waals surface area contributed by atoms with Crippen LogP contribution in [-0.4, -0.2) is 17.6 Å². The third kappa shape index (κ3) is 6.03. The van der Waals surface area contributed by atoms with Crippen molar-refractivity contribution in [2.24, 2.45) is 5.41 Å². The van der Waals surface area contributed by atoms with Crippen molar-refractivity contribution in [3.05, 3.63) is 23.9 Å². The standard InChI is InChI=1S/C16H25N3O/c1-13(2)20-15-14(7-5-10-19-15)11-18-9-6-8-16(3,4)12-17/h5,7,10,13,18H,6,8-9,11H2,1-4H3. The predicted octanol–water partition coefficient (Wildman–Crippen LogP) is 3.29. The van der Waals surface area contributed by atoms with Crippen LogP contribution in [0.2, 0.25) is 0 Å². The second-order valence-electron chi connectivity index (χ2n) is 5.91. The van der Waals surface area contributed by atoms with Crippen molar-refractivity contribution < 1.29 is 4.74 Å². The van der Waals surface area contributed by atoms with Crippen molar-refractivity contribution in [2.75, 3.05) is 6.54 Å². The quantitative estimate of drug-likeness (QED) is 0.740. The second-order valence-corrected chi connectivity index (χ2v) is 5.91. The third-order valence-corrected chi connectivity index (χ3v) is 2.97. The Morgan fingerprint density at radius 3 is 2.85 bits per heavy atom. The van der Waals surface area contributed by atoms with E-state index in [1.54, 1.807) is 6.20 Å². The Morgan fingerprint density at radius 1 is 1.45 bits per heavy atom. The van der Waals surface area contributed by atoms with Gasteiger partial charge in [0, 0.05) is 18.3 Å². The van der Waals surface area contributed by atoms with Gasteiger partial charge in [0.1, 0.15) is 0 Å². The molecule has 20 heavy (non-hydrogen) atoms. The summed E-state index contributed by atoms with van der Waals surface area (Å²) in [6, 6.07) is 6.27. The largest absolute Gasteiger partial charge is 0.475 e. The highest BCUT2D eigenvalue weighted by molar-refractivity contribution is 5.25. The highest BCUT2D eigenvalue weighted by Crippen LogP contribution is 2.20. The van der Waals surface area contributed by atoms with Crippen molar-refractivity contribution in [2.45, 2.75) is 53.2 Å². The fraction of sp³-hybridized carbons (Fsp3) is 0.625. The molecule has 0 aromatic carbocycles. The molecule has 0 amide bonds. The Bertz CT molecular complexity index is 449. The van der Waals surface area contributed by atoms with E-state index in [-0.39, 0.29) is 11.5 Å². The molecular weight excluding hydrogens is 250 g/mol. The Hall–Kier alpha value is -1.60. The van der Waals surface area contributed by atoms with Gasteiger partial charge in [-0.15, -0.1) is 0 Å². The van der Waals surface area contributed by atoms with Gasteiger partial charge in [-0.3, -0.25) is 0 Å². The van der Waals surface area contributed by atoms with Crippen molar-refractivity contribution >= 4 is 0 Å². The summed E-state index contributed by atoms with van der Waals surface area (Å²) in [5.74, 6) is 0.701. The van der Waals surface area contributed by atoms with Crippen LogP contribution >= 0.6 is 0 Å². The van der Waals surface area contributed by atoms with Gasteiger partial charge in [0.05, 0.1) is 17.6 Å². The molecule has 0 saturated carbocycles. The molecule has 0 radical (unpaired) electrons. The Morgan fingerprint density at radius 2 is 2.20 bits per heavy atom. The summed E-state index contributed by atoms with van der Waals surface area (Å²) in [4.78, 5) is 4.26. The van der Waals surface area contributed by atoms with Crippen LogP contribution in [-0.2, 0) is 6.54 Å². The molecule has 4 nitrogen and oxygen atoms in total. The first kappa shape index (κ1) is 16.5. The number of aromatic nitrogens is 1. The molecule has 0 unspecified atom stereocenters. The van der Waals surface area contributed by atoms with Gasteiger partial charge < -0.3 is 10.1 Å². The van der Waals surface area contributed by atoms with E-state index in [2.05, 4.69) is 16.4 Å². The minimum atomic E-state index is -0.234. The van der Waals surface area contributed by atoms with Crippen LogP contribution < -0.4 is 10.1 Å². The first-order chi connectivity index (χ1) is 9.44. The summed E-state index contributed by atoms with van der Waals surface area (Å²) in [5.41, 5.74) is 0.836. The van der Waals surface area contributed by atoms with E-state index in [1.807, 2.05) is 39.8 Å². The lowest BCUT2D eigenvalue weighted by Gasteiger charge is -2.15. The van der Waals surface area contributed by atoms with E-state index in [9.17, 15) is 0 Å². The summed E-state index contributed by atoms with van der Waals surface area (Å²) >= 11 is 0. The highest BCUT2D eigenvalue weighted by Gasteiger charge is 2.15. The molecule has 1 heterocycles. The van der Waals surface area contributed by atoms with Gasteiger partial charge >= 0.3 is 0 Å². The van der Waals surface area contributed by atoms with Gasteiger partial charge in [-0.25, -0.2) is 4.98 Å². The van der Waals surface area contributed by atoms with Gasteiger partial charge in [0.25, 0.3) is 0 Å². The maximum Gasteiger partial charge on any atom is 0.218 e.